The number of aliphatic hydroxyl groups excluding tert-OH is 1. The van der Waals surface area contributed by atoms with Gasteiger partial charge in [-0.2, -0.15) is 0 Å². The molecule has 2 fully saturated rings. The summed E-state index contributed by atoms with van der Waals surface area (Å²) in [6.45, 7) is -0.258. The Kier molecular flexibility index (Phi) is 4.87. The molecule has 1 aromatic carbocycles. The lowest BCUT2D eigenvalue weighted by molar-refractivity contribution is -0.155. The number of carbonyl (C=O) groups excluding carboxylic acids is 1. The molecule has 2 aliphatic rings. The smallest absolute Gasteiger partial charge is 0.316 e. The predicted molar refractivity (Wildman–Crippen MR) is 86.5 cm³/mol. The molecule has 2 heterocycles. The van der Waals surface area contributed by atoms with Crippen molar-refractivity contribution in [3.63, 3.8) is 0 Å². The zero-order chi connectivity index (χ0) is 16.4. The second-order valence-corrected chi connectivity index (χ2v) is 6.59. The van der Waals surface area contributed by atoms with E-state index in [1.165, 1.54) is 12.8 Å². The zero-order valence-electron chi connectivity index (χ0n) is 13.8. The molecule has 0 amide bonds. The summed E-state index contributed by atoms with van der Waals surface area (Å²) in [5.41, 5.74) is 0.729. The first kappa shape index (κ1) is 16.3. The molecule has 2 bridgehead atoms. The summed E-state index contributed by atoms with van der Waals surface area (Å²) < 4.78 is 10.9. The van der Waals surface area contributed by atoms with Crippen molar-refractivity contribution in [2.45, 2.75) is 49.8 Å². The number of ether oxygens (including phenoxy) is 2. The van der Waals surface area contributed by atoms with Crippen molar-refractivity contribution in [3.05, 3.63) is 29.8 Å². The van der Waals surface area contributed by atoms with Gasteiger partial charge in [-0.25, -0.2) is 0 Å². The predicted octanol–water partition coefficient (Wildman–Crippen LogP) is 1.94. The Morgan fingerprint density at radius 1 is 1.35 bits per heavy atom. The Morgan fingerprint density at radius 2 is 2.04 bits per heavy atom. The first-order valence-electron chi connectivity index (χ1n) is 8.29. The van der Waals surface area contributed by atoms with Crippen LogP contribution in [0.3, 0.4) is 0 Å². The normalized spacial score (nSPS) is 28.4. The highest BCUT2D eigenvalue weighted by molar-refractivity contribution is 5.78. The minimum atomic E-state index is -0.651. The Labute approximate surface area is 137 Å². The van der Waals surface area contributed by atoms with Crippen LogP contribution in [0.1, 0.15) is 37.2 Å². The molecule has 0 saturated carbocycles. The van der Waals surface area contributed by atoms with Gasteiger partial charge < -0.3 is 19.5 Å². The van der Waals surface area contributed by atoms with Crippen LogP contribution in [0.4, 0.5) is 0 Å². The highest BCUT2D eigenvalue weighted by Crippen LogP contribution is 2.36. The molecule has 2 unspecified atom stereocenters. The number of hydrogen-bond donors (Lipinski definition) is 1. The van der Waals surface area contributed by atoms with E-state index in [1.807, 2.05) is 18.2 Å². The number of piperidine rings is 1. The van der Waals surface area contributed by atoms with Gasteiger partial charge in [-0.05, 0) is 50.4 Å². The maximum Gasteiger partial charge on any atom is 0.316 e. The van der Waals surface area contributed by atoms with Crippen LogP contribution in [-0.2, 0) is 9.53 Å². The summed E-state index contributed by atoms with van der Waals surface area (Å²) in [6.07, 6.45) is 4.14. The molecule has 0 radical (unpaired) electrons. The molecule has 2 saturated heterocycles. The molecule has 23 heavy (non-hydrogen) atoms. The Balaban J connectivity index is 1.66. The number of rotatable bonds is 5. The van der Waals surface area contributed by atoms with Gasteiger partial charge in [-0.15, -0.1) is 0 Å². The number of methoxy groups -OCH3 is 1. The fourth-order valence-electron chi connectivity index (χ4n) is 3.88. The second kappa shape index (κ2) is 6.89. The molecule has 0 aromatic heterocycles. The van der Waals surface area contributed by atoms with Gasteiger partial charge in [0.1, 0.15) is 17.8 Å². The van der Waals surface area contributed by atoms with Gasteiger partial charge in [0, 0.05) is 12.1 Å². The lowest BCUT2D eigenvalue weighted by atomic mass is 9.98. The van der Waals surface area contributed by atoms with E-state index in [0.29, 0.717) is 17.8 Å². The summed E-state index contributed by atoms with van der Waals surface area (Å²) in [5.74, 6) is -0.316. The van der Waals surface area contributed by atoms with Crippen LogP contribution < -0.4 is 4.74 Å². The number of fused-ring (bicyclic) bond motifs is 2. The van der Waals surface area contributed by atoms with E-state index < -0.39 is 5.92 Å². The molecule has 0 spiro atoms. The topological polar surface area (TPSA) is 59.0 Å². The first-order chi connectivity index (χ1) is 11.1. The van der Waals surface area contributed by atoms with Crippen LogP contribution in [0, 0.1) is 0 Å². The first-order valence-corrected chi connectivity index (χ1v) is 8.29. The van der Waals surface area contributed by atoms with Gasteiger partial charge in [0.05, 0.1) is 13.7 Å². The minimum absolute atomic E-state index is 0.0316. The van der Waals surface area contributed by atoms with Gasteiger partial charge in [-0.1, -0.05) is 12.1 Å². The number of carbonyl (C=O) groups is 1. The van der Waals surface area contributed by atoms with Crippen molar-refractivity contribution in [1.82, 2.24) is 4.90 Å². The molecule has 2 aliphatic heterocycles. The van der Waals surface area contributed by atoms with Gasteiger partial charge in [0.2, 0.25) is 0 Å². The molecular weight excluding hydrogens is 294 g/mol. The number of esters is 1. The second-order valence-electron chi connectivity index (χ2n) is 6.59. The molecule has 3 rings (SSSR count). The highest BCUT2D eigenvalue weighted by Gasteiger charge is 2.40. The molecule has 5 nitrogen and oxygen atoms in total. The van der Waals surface area contributed by atoms with Crippen molar-refractivity contribution in [3.8, 4) is 5.75 Å². The third-order valence-corrected chi connectivity index (χ3v) is 5.30. The largest absolute Gasteiger partial charge is 0.497 e. The van der Waals surface area contributed by atoms with E-state index >= 15 is 0 Å². The third-order valence-electron chi connectivity index (χ3n) is 5.30. The van der Waals surface area contributed by atoms with Crippen molar-refractivity contribution in [2.75, 3.05) is 20.8 Å². The molecular formula is C18H25NO4. The third kappa shape index (κ3) is 3.35. The number of aliphatic hydroxyl groups is 1. The summed E-state index contributed by atoms with van der Waals surface area (Å²) in [6, 6.07) is 8.29. The monoisotopic (exact) mass is 319 g/mol. The molecule has 1 aromatic rings. The zero-order valence-corrected chi connectivity index (χ0v) is 13.8. The Bertz CT molecular complexity index is 548. The van der Waals surface area contributed by atoms with E-state index in [1.54, 1.807) is 13.2 Å². The van der Waals surface area contributed by atoms with Crippen LogP contribution >= 0.6 is 0 Å². The summed E-state index contributed by atoms with van der Waals surface area (Å²) in [5, 5.41) is 9.65. The Morgan fingerprint density at radius 3 is 2.65 bits per heavy atom. The van der Waals surface area contributed by atoms with Crippen LogP contribution in [0.2, 0.25) is 0 Å². The van der Waals surface area contributed by atoms with Crippen molar-refractivity contribution in [1.29, 1.82) is 0 Å². The fourth-order valence-corrected chi connectivity index (χ4v) is 3.88. The van der Waals surface area contributed by atoms with Crippen LogP contribution in [0.25, 0.3) is 0 Å². The minimum Gasteiger partial charge on any atom is -0.497 e. The standard InChI is InChI=1S/C18H25NO4/c1-19-13-6-7-14(19)10-16(9-13)23-18(21)17(11-20)12-4-3-5-15(8-12)22-2/h3-5,8,13-14,16-17,20H,6-7,9-11H2,1-2H3/t13-,14+,16?,17?. The van der Waals surface area contributed by atoms with Crippen LogP contribution in [0.15, 0.2) is 24.3 Å². The van der Waals surface area contributed by atoms with Crippen LogP contribution in [0.5, 0.6) is 5.75 Å². The maximum absolute atomic E-state index is 12.5. The summed E-state index contributed by atoms with van der Waals surface area (Å²) in [7, 11) is 3.74. The van der Waals surface area contributed by atoms with Gasteiger partial charge >= 0.3 is 5.97 Å². The van der Waals surface area contributed by atoms with E-state index in [4.69, 9.17) is 9.47 Å². The SMILES string of the molecule is COc1cccc(C(CO)C(=O)OC2C[C@H]3CC[C@@H](C2)N3C)c1. The number of hydrogen-bond acceptors (Lipinski definition) is 5. The lowest BCUT2D eigenvalue weighted by Crippen LogP contribution is -2.43. The molecule has 4 atom stereocenters. The van der Waals surface area contributed by atoms with E-state index in [9.17, 15) is 9.90 Å². The maximum atomic E-state index is 12.5. The van der Waals surface area contributed by atoms with Gasteiger partial charge in [0.15, 0.2) is 0 Å². The van der Waals surface area contributed by atoms with Gasteiger partial charge in [0.25, 0.3) is 0 Å². The van der Waals surface area contributed by atoms with Crippen molar-refractivity contribution in [2.24, 2.45) is 0 Å². The van der Waals surface area contributed by atoms with Crippen molar-refractivity contribution >= 4 is 5.97 Å². The van der Waals surface area contributed by atoms with Crippen LogP contribution in [-0.4, -0.2) is 54.9 Å². The quantitative estimate of drug-likeness (QED) is 0.841. The number of nitrogens with zero attached hydrogens (tertiary/aromatic N) is 1. The van der Waals surface area contributed by atoms with E-state index in [0.717, 1.165) is 18.4 Å². The average Bonchev–Trinajstić information content (AvgIpc) is 2.77. The highest BCUT2D eigenvalue weighted by atomic mass is 16.5. The molecule has 5 heteroatoms. The summed E-state index contributed by atoms with van der Waals surface area (Å²) in [4.78, 5) is 14.9. The van der Waals surface area contributed by atoms with Crippen molar-refractivity contribution < 1.29 is 19.4 Å². The molecule has 1 N–H and O–H groups in total. The molecule has 126 valence electrons. The molecule has 0 aliphatic carbocycles. The fraction of sp³-hybridized carbons (Fsp3) is 0.611. The number of benzene rings is 1. The van der Waals surface area contributed by atoms with Gasteiger partial charge in [-0.3, -0.25) is 4.79 Å². The Hall–Kier alpha value is -1.59. The van der Waals surface area contributed by atoms with E-state index in [-0.39, 0.29) is 18.7 Å². The average molecular weight is 319 g/mol. The lowest BCUT2D eigenvalue weighted by Gasteiger charge is -2.36. The van der Waals surface area contributed by atoms with E-state index in [2.05, 4.69) is 11.9 Å². The summed E-state index contributed by atoms with van der Waals surface area (Å²) >= 11 is 0.